The molecule has 9 aromatic carbocycles. The van der Waals surface area contributed by atoms with Gasteiger partial charge in [-0.05, 0) is 117 Å². The van der Waals surface area contributed by atoms with Gasteiger partial charge in [-0.2, -0.15) is 0 Å². The molecule has 0 saturated carbocycles. The van der Waals surface area contributed by atoms with Gasteiger partial charge in [0.05, 0.1) is 11.0 Å². The maximum Gasteiger partial charge on any atom is 0.0619 e. The van der Waals surface area contributed by atoms with Gasteiger partial charge in [0, 0.05) is 44.5 Å². The van der Waals surface area contributed by atoms with Crippen LogP contribution in [0.3, 0.4) is 0 Å². The van der Waals surface area contributed by atoms with E-state index < -0.39 is 0 Å². The van der Waals surface area contributed by atoms with E-state index in [2.05, 4.69) is 242 Å². The number of hydrogen-bond acceptors (Lipinski definition) is 1. The molecule has 0 bridgehead atoms. The Morgan fingerprint density at radius 3 is 1.58 bits per heavy atom. The van der Waals surface area contributed by atoms with Crippen LogP contribution in [0.2, 0.25) is 0 Å². The van der Waals surface area contributed by atoms with E-state index in [1.54, 1.807) is 0 Å². The zero-order valence-corrected chi connectivity index (χ0v) is 33.2. The second kappa shape index (κ2) is 13.9. The Morgan fingerprint density at radius 2 is 0.881 bits per heavy atom. The van der Waals surface area contributed by atoms with Gasteiger partial charge in [0.1, 0.15) is 0 Å². The van der Waals surface area contributed by atoms with Crippen LogP contribution >= 0.6 is 0 Å². The van der Waals surface area contributed by atoms with E-state index in [0.717, 1.165) is 22.7 Å². The van der Waals surface area contributed by atoms with E-state index in [-0.39, 0.29) is 5.41 Å². The molecule has 2 nitrogen and oxygen atoms in total. The molecule has 1 aromatic heterocycles. The first-order chi connectivity index (χ1) is 29.0. The van der Waals surface area contributed by atoms with E-state index >= 15 is 0 Å². The summed E-state index contributed by atoms with van der Waals surface area (Å²) in [5.74, 6) is 0. The number of rotatable bonds is 7. The summed E-state index contributed by atoms with van der Waals surface area (Å²) >= 11 is 0. The van der Waals surface area contributed by atoms with Crippen LogP contribution in [0.1, 0.15) is 25.0 Å². The summed E-state index contributed by atoms with van der Waals surface area (Å²) in [7, 11) is 0. The van der Waals surface area contributed by atoms with Crippen molar-refractivity contribution in [2.45, 2.75) is 19.3 Å². The molecule has 0 N–H and O–H groups in total. The van der Waals surface area contributed by atoms with Crippen molar-refractivity contribution in [3.8, 4) is 50.2 Å². The Morgan fingerprint density at radius 1 is 0.356 bits per heavy atom. The number of nitrogens with zero attached hydrogens (tertiary/aromatic N) is 2. The summed E-state index contributed by atoms with van der Waals surface area (Å²) in [6.07, 6.45) is 0. The molecule has 0 amide bonds. The molecule has 0 aliphatic heterocycles. The van der Waals surface area contributed by atoms with Crippen molar-refractivity contribution in [2.75, 3.05) is 4.90 Å². The molecule has 11 rings (SSSR count). The largest absolute Gasteiger partial charge is 0.310 e. The lowest BCUT2D eigenvalue weighted by Gasteiger charge is -2.28. The van der Waals surface area contributed by atoms with Crippen LogP contribution in [-0.4, -0.2) is 4.57 Å². The van der Waals surface area contributed by atoms with Crippen LogP contribution in [0.15, 0.2) is 218 Å². The number of aromatic nitrogens is 1. The first-order valence-electron chi connectivity index (χ1n) is 20.5. The third kappa shape index (κ3) is 5.79. The van der Waals surface area contributed by atoms with Gasteiger partial charge in [-0.25, -0.2) is 0 Å². The topological polar surface area (TPSA) is 8.17 Å². The van der Waals surface area contributed by atoms with Crippen molar-refractivity contribution in [3.05, 3.63) is 230 Å². The van der Waals surface area contributed by atoms with Gasteiger partial charge in [0.2, 0.25) is 0 Å². The number of anilines is 3. The van der Waals surface area contributed by atoms with E-state index in [1.807, 2.05) is 0 Å². The monoisotopic (exact) mass is 754 g/mol. The van der Waals surface area contributed by atoms with E-state index in [0.29, 0.717) is 0 Å². The first-order valence-corrected chi connectivity index (χ1v) is 20.5. The van der Waals surface area contributed by atoms with E-state index in [1.165, 1.54) is 77.4 Å². The lowest BCUT2D eigenvalue weighted by molar-refractivity contribution is 0.660. The maximum atomic E-state index is 2.44. The highest BCUT2D eigenvalue weighted by Gasteiger charge is 2.35. The van der Waals surface area contributed by atoms with Gasteiger partial charge < -0.3 is 9.47 Å². The fraction of sp³-hybridized carbons (Fsp3) is 0.0526. The quantitative estimate of drug-likeness (QED) is 0.157. The van der Waals surface area contributed by atoms with Crippen molar-refractivity contribution in [2.24, 2.45) is 0 Å². The average molecular weight is 755 g/mol. The predicted octanol–water partition coefficient (Wildman–Crippen LogP) is 15.6. The summed E-state index contributed by atoms with van der Waals surface area (Å²) in [5, 5.41) is 2.49. The Kier molecular flexibility index (Phi) is 8.20. The van der Waals surface area contributed by atoms with Gasteiger partial charge in [-0.3, -0.25) is 0 Å². The van der Waals surface area contributed by atoms with Crippen LogP contribution < -0.4 is 4.90 Å². The van der Waals surface area contributed by atoms with Crippen LogP contribution in [0.5, 0.6) is 0 Å². The number of fused-ring (bicyclic) bond motifs is 6. The lowest BCUT2D eigenvalue weighted by atomic mass is 9.82. The van der Waals surface area contributed by atoms with Crippen molar-refractivity contribution in [3.63, 3.8) is 0 Å². The molecule has 0 fully saturated rings. The highest BCUT2D eigenvalue weighted by molar-refractivity contribution is 6.15. The molecule has 1 aliphatic rings. The molecule has 0 spiro atoms. The van der Waals surface area contributed by atoms with Crippen LogP contribution in [-0.2, 0) is 5.41 Å². The van der Waals surface area contributed by atoms with E-state index in [9.17, 15) is 0 Å². The molecule has 1 heterocycles. The maximum absolute atomic E-state index is 2.44. The Balaban J connectivity index is 1.09. The minimum absolute atomic E-state index is 0.110. The first kappa shape index (κ1) is 34.8. The summed E-state index contributed by atoms with van der Waals surface area (Å²) in [6.45, 7) is 4.71. The molecule has 0 unspecified atom stereocenters. The highest BCUT2D eigenvalue weighted by Crippen LogP contribution is 2.51. The summed E-state index contributed by atoms with van der Waals surface area (Å²) in [5.41, 5.74) is 19.4. The standard InChI is InChI=1S/C57H42N2/c1-57(2)53-24-14-12-22-48(53)49-35-34-47(38-54(49)57)58(45-30-26-41(27-31-45)39-16-6-3-7-17-39)46-32-28-42(29-33-46)51-36-43(40-18-8-4-9-19-40)37-52-50-23-13-15-25-55(50)59(56(51)52)44-20-10-5-11-21-44/h3-38H,1-2H3. The molecule has 0 radical (unpaired) electrons. The number of benzene rings is 9. The minimum Gasteiger partial charge on any atom is -0.310 e. The van der Waals surface area contributed by atoms with Crippen LogP contribution in [0.4, 0.5) is 17.1 Å². The Hall–Kier alpha value is -7.42. The van der Waals surface area contributed by atoms with Gasteiger partial charge in [-0.1, -0.05) is 166 Å². The molecule has 0 saturated heterocycles. The molecule has 1 aliphatic carbocycles. The van der Waals surface area contributed by atoms with Crippen LogP contribution in [0, 0.1) is 0 Å². The average Bonchev–Trinajstić information content (AvgIpc) is 3.76. The Bertz CT molecular complexity index is 3140. The normalized spacial score (nSPS) is 12.7. The third-order valence-corrected chi connectivity index (χ3v) is 12.4. The molecule has 280 valence electrons. The van der Waals surface area contributed by atoms with Gasteiger partial charge >= 0.3 is 0 Å². The van der Waals surface area contributed by atoms with E-state index in [4.69, 9.17) is 0 Å². The second-order valence-electron chi connectivity index (χ2n) is 16.2. The number of para-hydroxylation sites is 2. The molecule has 2 heteroatoms. The van der Waals surface area contributed by atoms with Crippen molar-refractivity contribution < 1.29 is 0 Å². The van der Waals surface area contributed by atoms with Crippen LogP contribution in [0.25, 0.3) is 72.0 Å². The summed E-state index contributed by atoms with van der Waals surface area (Å²) in [6, 6.07) is 79.8. The molecule has 10 aromatic rings. The predicted molar refractivity (Wildman–Crippen MR) is 249 cm³/mol. The zero-order chi connectivity index (χ0) is 39.5. The zero-order valence-electron chi connectivity index (χ0n) is 33.2. The van der Waals surface area contributed by atoms with Crippen molar-refractivity contribution >= 4 is 38.9 Å². The molecule has 59 heavy (non-hydrogen) atoms. The molecular weight excluding hydrogens is 713 g/mol. The van der Waals surface area contributed by atoms with Gasteiger partial charge in [0.15, 0.2) is 0 Å². The smallest absolute Gasteiger partial charge is 0.0619 e. The summed E-state index contributed by atoms with van der Waals surface area (Å²) < 4.78 is 2.44. The minimum atomic E-state index is -0.110. The SMILES string of the molecule is CC1(C)c2ccccc2-c2ccc(N(c3ccc(-c4ccccc4)cc3)c3ccc(-c4cc(-c5ccccc5)cc5c6ccccc6n(-c6ccccc6)c45)cc3)cc21. The fourth-order valence-electron chi connectivity index (χ4n) is 9.46. The van der Waals surface area contributed by atoms with Gasteiger partial charge in [-0.15, -0.1) is 0 Å². The van der Waals surface area contributed by atoms with Crippen molar-refractivity contribution in [1.29, 1.82) is 0 Å². The third-order valence-electron chi connectivity index (χ3n) is 12.4. The Labute approximate surface area is 345 Å². The fourth-order valence-corrected chi connectivity index (χ4v) is 9.46. The molecule has 0 atom stereocenters. The number of hydrogen-bond donors (Lipinski definition) is 0. The van der Waals surface area contributed by atoms with Gasteiger partial charge in [0.25, 0.3) is 0 Å². The summed E-state index contributed by atoms with van der Waals surface area (Å²) in [4.78, 5) is 2.41. The van der Waals surface area contributed by atoms with Crippen molar-refractivity contribution in [1.82, 2.24) is 4.57 Å². The lowest BCUT2D eigenvalue weighted by Crippen LogP contribution is -2.16. The highest BCUT2D eigenvalue weighted by atomic mass is 15.1. The molecular formula is C57H42N2. The second-order valence-corrected chi connectivity index (χ2v) is 16.2.